The summed E-state index contributed by atoms with van der Waals surface area (Å²) in [5.74, 6) is 0.550. The first-order chi connectivity index (χ1) is 7.38. The Morgan fingerprint density at radius 3 is 2.81 bits per heavy atom. The molecule has 1 atom stereocenters. The zero-order chi connectivity index (χ0) is 12.2. The second-order valence-corrected chi connectivity index (χ2v) is 4.67. The Balaban J connectivity index is 2.35. The van der Waals surface area contributed by atoms with E-state index < -0.39 is 5.60 Å². The van der Waals surface area contributed by atoms with Crippen molar-refractivity contribution in [2.45, 2.75) is 45.9 Å². The molecule has 0 amide bonds. The topological polar surface area (TPSA) is 67.0 Å². The van der Waals surface area contributed by atoms with E-state index in [1.807, 2.05) is 20.8 Å². The summed E-state index contributed by atoms with van der Waals surface area (Å²) in [5.41, 5.74) is -0.447. The quantitative estimate of drug-likeness (QED) is 0.756. The van der Waals surface area contributed by atoms with Gasteiger partial charge in [0.2, 0.25) is 0 Å². The van der Waals surface area contributed by atoms with Crippen molar-refractivity contribution >= 4 is 5.97 Å². The molecule has 0 unspecified atom stereocenters. The van der Waals surface area contributed by atoms with Crippen molar-refractivity contribution in [3.63, 3.8) is 0 Å². The molecule has 5 heteroatoms. The van der Waals surface area contributed by atoms with Crippen LogP contribution in [-0.2, 0) is 16.1 Å². The van der Waals surface area contributed by atoms with Crippen molar-refractivity contribution in [2.24, 2.45) is 0 Å². The number of rotatable bonds is 4. The highest BCUT2D eigenvalue weighted by Gasteiger charge is 2.21. The van der Waals surface area contributed by atoms with Gasteiger partial charge in [-0.05, 0) is 27.7 Å². The van der Waals surface area contributed by atoms with Crippen LogP contribution in [0.4, 0.5) is 0 Å². The lowest BCUT2D eigenvalue weighted by Crippen LogP contribution is -2.39. The van der Waals surface area contributed by atoms with Crippen LogP contribution >= 0.6 is 0 Å². The number of hydrogen-bond donors (Lipinski definition) is 2. The second-order valence-electron chi connectivity index (χ2n) is 4.67. The third kappa shape index (κ3) is 4.44. The normalized spacial score (nSPS) is 13.5. The minimum atomic E-state index is -0.447. The van der Waals surface area contributed by atoms with Gasteiger partial charge in [-0.2, -0.15) is 0 Å². The zero-order valence-corrected chi connectivity index (χ0v) is 10.2. The van der Waals surface area contributed by atoms with Crippen LogP contribution in [0.3, 0.4) is 0 Å². The second kappa shape index (κ2) is 5.12. The van der Waals surface area contributed by atoms with Crippen LogP contribution in [0.15, 0.2) is 12.4 Å². The zero-order valence-electron chi connectivity index (χ0n) is 10.2. The highest BCUT2D eigenvalue weighted by Crippen LogP contribution is 2.08. The Bertz CT molecular complexity index is 327. The summed E-state index contributed by atoms with van der Waals surface area (Å²) in [5, 5.41) is 3.04. The van der Waals surface area contributed by atoms with Gasteiger partial charge in [0.05, 0.1) is 6.54 Å². The van der Waals surface area contributed by atoms with Gasteiger partial charge in [0.1, 0.15) is 17.5 Å². The van der Waals surface area contributed by atoms with Gasteiger partial charge < -0.3 is 9.72 Å². The van der Waals surface area contributed by atoms with E-state index in [1.165, 1.54) is 0 Å². The SMILES string of the molecule is C[C@@H](NCc1ncc[nH]1)C(=O)OC(C)(C)C. The largest absolute Gasteiger partial charge is 0.459 e. The minimum absolute atomic E-state index is 0.251. The van der Waals surface area contributed by atoms with Crippen molar-refractivity contribution in [2.75, 3.05) is 0 Å². The van der Waals surface area contributed by atoms with Gasteiger partial charge in [-0.15, -0.1) is 0 Å². The number of esters is 1. The molecule has 0 spiro atoms. The summed E-state index contributed by atoms with van der Waals surface area (Å²) in [6.45, 7) is 7.85. The maximum absolute atomic E-state index is 11.6. The molecule has 0 aliphatic rings. The summed E-state index contributed by atoms with van der Waals surface area (Å²) in [6.07, 6.45) is 3.42. The fourth-order valence-electron chi connectivity index (χ4n) is 1.12. The van der Waals surface area contributed by atoms with Crippen molar-refractivity contribution in [1.82, 2.24) is 15.3 Å². The lowest BCUT2D eigenvalue weighted by Gasteiger charge is -2.22. The summed E-state index contributed by atoms with van der Waals surface area (Å²) >= 11 is 0. The van der Waals surface area contributed by atoms with Gasteiger partial charge in [-0.1, -0.05) is 0 Å². The number of imidazole rings is 1. The summed E-state index contributed by atoms with van der Waals surface area (Å²) in [6, 6.07) is -0.343. The van der Waals surface area contributed by atoms with E-state index in [0.29, 0.717) is 6.54 Å². The molecule has 1 aromatic heterocycles. The predicted octanol–water partition coefficient (Wildman–Crippen LogP) is 1.23. The average Bonchev–Trinajstić information content (AvgIpc) is 2.63. The van der Waals surface area contributed by atoms with Crippen molar-refractivity contribution < 1.29 is 9.53 Å². The highest BCUT2D eigenvalue weighted by atomic mass is 16.6. The lowest BCUT2D eigenvalue weighted by molar-refractivity contribution is -0.157. The van der Waals surface area contributed by atoms with Crippen molar-refractivity contribution in [1.29, 1.82) is 0 Å². The van der Waals surface area contributed by atoms with E-state index in [1.54, 1.807) is 19.3 Å². The Labute approximate surface area is 95.6 Å². The van der Waals surface area contributed by atoms with Crippen LogP contribution in [0.1, 0.15) is 33.5 Å². The molecule has 2 N–H and O–H groups in total. The third-order valence-corrected chi connectivity index (χ3v) is 1.89. The molecule has 0 aliphatic carbocycles. The summed E-state index contributed by atoms with van der Waals surface area (Å²) in [7, 11) is 0. The molecule has 0 bridgehead atoms. The number of nitrogens with one attached hydrogen (secondary N) is 2. The molecule has 0 fully saturated rings. The molecule has 16 heavy (non-hydrogen) atoms. The number of ether oxygens (including phenoxy) is 1. The smallest absolute Gasteiger partial charge is 0.323 e. The van der Waals surface area contributed by atoms with Gasteiger partial charge in [0, 0.05) is 12.4 Å². The van der Waals surface area contributed by atoms with Crippen LogP contribution < -0.4 is 5.32 Å². The first-order valence-electron chi connectivity index (χ1n) is 5.33. The molecule has 1 aromatic rings. The van der Waals surface area contributed by atoms with Gasteiger partial charge in [0.15, 0.2) is 0 Å². The van der Waals surface area contributed by atoms with Crippen molar-refractivity contribution in [3.05, 3.63) is 18.2 Å². The predicted molar refractivity (Wildman–Crippen MR) is 60.7 cm³/mol. The van der Waals surface area contributed by atoms with Crippen LogP contribution in [0.5, 0.6) is 0 Å². The van der Waals surface area contributed by atoms with Gasteiger partial charge in [0.25, 0.3) is 0 Å². The standard InChI is InChI=1S/C11H19N3O2/c1-8(10(15)16-11(2,3)4)14-7-9-12-5-6-13-9/h5-6,8,14H,7H2,1-4H3,(H,12,13)/t8-/m1/s1. The van der Waals surface area contributed by atoms with E-state index in [9.17, 15) is 4.79 Å². The first-order valence-corrected chi connectivity index (χ1v) is 5.33. The lowest BCUT2D eigenvalue weighted by atomic mass is 10.2. The van der Waals surface area contributed by atoms with Crippen LogP contribution in [0.25, 0.3) is 0 Å². The number of hydrogen-bond acceptors (Lipinski definition) is 4. The Kier molecular flexibility index (Phi) is 4.06. The fraction of sp³-hybridized carbons (Fsp3) is 0.636. The molecular formula is C11H19N3O2. The number of carbonyl (C=O) groups excluding carboxylic acids is 1. The number of aromatic nitrogens is 2. The third-order valence-electron chi connectivity index (χ3n) is 1.89. The van der Waals surface area contributed by atoms with Gasteiger partial charge >= 0.3 is 5.97 Å². The molecule has 1 heterocycles. The number of aromatic amines is 1. The van der Waals surface area contributed by atoms with Crippen molar-refractivity contribution in [3.8, 4) is 0 Å². The molecule has 90 valence electrons. The molecule has 0 saturated heterocycles. The van der Waals surface area contributed by atoms with E-state index in [4.69, 9.17) is 4.74 Å². The summed E-state index contributed by atoms with van der Waals surface area (Å²) < 4.78 is 5.24. The molecular weight excluding hydrogens is 206 g/mol. The monoisotopic (exact) mass is 225 g/mol. The van der Waals surface area contributed by atoms with Gasteiger partial charge in [-0.3, -0.25) is 10.1 Å². The van der Waals surface area contributed by atoms with Crippen LogP contribution in [-0.4, -0.2) is 27.6 Å². The number of nitrogens with zero attached hydrogens (tertiary/aromatic N) is 1. The number of carbonyl (C=O) groups is 1. The average molecular weight is 225 g/mol. The molecule has 1 rings (SSSR count). The molecule has 0 saturated carbocycles. The molecule has 5 nitrogen and oxygen atoms in total. The molecule has 0 radical (unpaired) electrons. The highest BCUT2D eigenvalue weighted by molar-refractivity contribution is 5.75. The van der Waals surface area contributed by atoms with E-state index in [0.717, 1.165) is 5.82 Å². The Morgan fingerprint density at radius 2 is 2.31 bits per heavy atom. The van der Waals surface area contributed by atoms with Gasteiger partial charge in [-0.25, -0.2) is 4.98 Å². The van der Waals surface area contributed by atoms with E-state index in [2.05, 4.69) is 15.3 Å². The Morgan fingerprint density at radius 1 is 1.62 bits per heavy atom. The van der Waals surface area contributed by atoms with E-state index in [-0.39, 0.29) is 12.0 Å². The summed E-state index contributed by atoms with van der Waals surface area (Å²) in [4.78, 5) is 18.6. The maximum atomic E-state index is 11.6. The maximum Gasteiger partial charge on any atom is 0.323 e. The number of H-pyrrole nitrogens is 1. The molecule has 0 aromatic carbocycles. The first kappa shape index (κ1) is 12.7. The fourth-order valence-corrected chi connectivity index (χ4v) is 1.12. The van der Waals surface area contributed by atoms with E-state index >= 15 is 0 Å². The minimum Gasteiger partial charge on any atom is -0.459 e. The molecule has 0 aliphatic heterocycles. The van der Waals surface area contributed by atoms with Crippen LogP contribution in [0.2, 0.25) is 0 Å². The Hall–Kier alpha value is -1.36. The van der Waals surface area contributed by atoms with Crippen LogP contribution in [0, 0.1) is 0 Å².